The van der Waals surface area contributed by atoms with Gasteiger partial charge in [0.05, 0.1) is 22.6 Å². The Morgan fingerprint density at radius 3 is 2.88 bits per heavy atom. The predicted molar refractivity (Wildman–Crippen MR) is 134 cm³/mol. The van der Waals surface area contributed by atoms with E-state index in [0.29, 0.717) is 6.54 Å². The van der Waals surface area contributed by atoms with E-state index in [1.165, 1.54) is 35.0 Å². The molecule has 0 fully saturated rings. The number of hydrogen-bond acceptors (Lipinski definition) is 6. The van der Waals surface area contributed by atoms with E-state index >= 15 is 0 Å². The van der Waals surface area contributed by atoms with Crippen LogP contribution >= 0.6 is 23.1 Å². The Morgan fingerprint density at radius 2 is 2.15 bits per heavy atom. The van der Waals surface area contributed by atoms with Crippen LogP contribution in [0.4, 0.5) is 5.69 Å². The minimum absolute atomic E-state index is 0.0387. The third-order valence-electron chi connectivity index (χ3n) is 6.23. The summed E-state index contributed by atoms with van der Waals surface area (Å²) in [5, 5.41) is 18.3. The molecule has 0 spiro atoms. The van der Waals surface area contributed by atoms with Crippen LogP contribution in [0.25, 0.3) is 10.7 Å². The van der Waals surface area contributed by atoms with Crippen LogP contribution in [0.1, 0.15) is 43.6 Å². The number of hydrogen-bond donors (Lipinski definition) is 0. The fourth-order valence-corrected chi connectivity index (χ4v) is 6.36. The first-order valence-electron chi connectivity index (χ1n) is 11.4. The maximum atomic E-state index is 13.3. The molecular weight excluding hydrogens is 450 g/mol. The molecule has 0 bridgehead atoms. The fraction of sp³-hybridized carbons (Fsp3) is 0.440. The van der Waals surface area contributed by atoms with E-state index in [4.69, 9.17) is 5.26 Å². The highest BCUT2D eigenvalue weighted by molar-refractivity contribution is 8.00. The number of carbonyl (C=O) groups excluding carboxylic acids is 1. The number of carbonyl (C=O) groups is 1. The first-order chi connectivity index (χ1) is 16.0. The summed E-state index contributed by atoms with van der Waals surface area (Å²) in [4.78, 5) is 17.6. The monoisotopic (exact) mass is 479 g/mol. The van der Waals surface area contributed by atoms with Crippen LogP contribution in [-0.2, 0) is 24.7 Å². The van der Waals surface area contributed by atoms with Gasteiger partial charge in [-0.2, -0.15) is 5.26 Å². The molecule has 0 saturated carbocycles. The second kappa shape index (κ2) is 10.5. The van der Waals surface area contributed by atoms with Crippen molar-refractivity contribution in [1.82, 2.24) is 14.8 Å². The molecule has 1 aliphatic rings. The Labute approximate surface area is 203 Å². The van der Waals surface area contributed by atoms with E-state index in [1.54, 1.807) is 4.90 Å². The van der Waals surface area contributed by atoms with Gasteiger partial charge in [0.25, 0.3) is 0 Å². The largest absolute Gasteiger partial charge is 0.310 e. The number of aryl methyl sites for hydroxylation is 1. The molecule has 2 atom stereocenters. The predicted octanol–water partition coefficient (Wildman–Crippen LogP) is 5.49. The molecule has 3 aromatic rings. The first kappa shape index (κ1) is 23.5. The van der Waals surface area contributed by atoms with Gasteiger partial charge in [-0.25, -0.2) is 0 Å². The standard InChI is InChI=1S/C25H29N5OS2/c1-4-18-11-12-21-19(15-18)16-22(33-21)23-27-28-25(29(23)3)32-17(2)24(31)30(14-8-13-26)20-9-6-5-7-10-20/h5-7,9-10,16-18H,4,8,11-12,14-15H2,1-3H3. The molecule has 0 N–H and O–H groups in total. The number of benzene rings is 1. The molecule has 0 aliphatic heterocycles. The topological polar surface area (TPSA) is 74.8 Å². The van der Waals surface area contributed by atoms with E-state index in [-0.39, 0.29) is 17.6 Å². The van der Waals surface area contributed by atoms with Gasteiger partial charge in [0, 0.05) is 24.2 Å². The van der Waals surface area contributed by atoms with Crippen LogP contribution in [0, 0.1) is 17.2 Å². The van der Waals surface area contributed by atoms with Crippen molar-refractivity contribution in [3.8, 4) is 16.8 Å². The molecule has 2 unspecified atom stereocenters. The Balaban J connectivity index is 1.50. The van der Waals surface area contributed by atoms with Crippen molar-refractivity contribution in [2.45, 2.75) is 56.4 Å². The van der Waals surface area contributed by atoms with Gasteiger partial charge < -0.3 is 9.47 Å². The summed E-state index contributed by atoms with van der Waals surface area (Å²) in [5.74, 6) is 1.60. The second-order valence-corrected chi connectivity index (χ2v) is 10.9. The molecule has 0 radical (unpaired) electrons. The normalized spacial score (nSPS) is 16.1. The summed E-state index contributed by atoms with van der Waals surface area (Å²) in [5.41, 5.74) is 2.27. The number of amides is 1. The molecule has 1 aromatic carbocycles. The molecule has 172 valence electrons. The van der Waals surface area contributed by atoms with E-state index in [0.717, 1.165) is 40.3 Å². The van der Waals surface area contributed by atoms with Gasteiger partial charge in [-0.15, -0.1) is 21.5 Å². The number of fused-ring (bicyclic) bond motifs is 1. The van der Waals surface area contributed by atoms with Crippen LogP contribution in [0.15, 0.2) is 41.6 Å². The van der Waals surface area contributed by atoms with Gasteiger partial charge in [0.2, 0.25) is 5.91 Å². The zero-order valence-electron chi connectivity index (χ0n) is 19.3. The van der Waals surface area contributed by atoms with E-state index in [9.17, 15) is 4.79 Å². The number of thioether (sulfide) groups is 1. The van der Waals surface area contributed by atoms with Crippen LogP contribution in [0.2, 0.25) is 0 Å². The molecule has 1 aliphatic carbocycles. The number of nitriles is 1. The maximum Gasteiger partial charge on any atom is 0.240 e. The zero-order valence-corrected chi connectivity index (χ0v) is 21.0. The average molecular weight is 480 g/mol. The van der Waals surface area contributed by atoms with Crippen LogP contribution < -0.4 is 4.90 Å². The number of thiophene rings is 1. The van der Waals surface area contributed by atoms with Crippen molar-refractivity contribution in [3.63, 3.8) is 0 Å². The lowest BCUT2D eigenvalue weighted by Gasteiger charge is -2.24. The Kier molecular flexibility index (Phi) is 7.51. The van der Waals surface area contributed by atoms with Crippen molar-refractivity contribution >= 4 is 34.7 Å². The Bertz CT molecular complexity index is 1150. The summed E-state index contributed by atoms with van der Waals surface area (Å²) >= 11 is 3.24. The third kappa shape index (κ3) is 5.15. The highest BCUT2D eigenvalue weighted by Gasteiger charge is 2.26. The lowest BCUT2D eigenvalue weighted by Crippen LogP contribution is -2.37. The molecular formula is C25H29N5OS2. The first-order valence-corrected chi connectivity index (χ1v) is 13.1. The van der Waals surface area contributed by atoms with Gasteiger partial charge in [0.1, 0.15) is 0 Å². The molecule has 2 aromatic heterocycles. The quantitative estimate of drug-likeness (QED) is 0.400. The summed E-state index contributed by atoms with van der Waals surface area (Å²) in [6, 6.07) is 13.9. The summed E-state index contributed by atoms with van der Waals surface area (Å²) < 4.78 is 1.99. The highest BCUT2D eigenvalue weighted by atomic mass is 32.2. The van der Waals surface area contributed by atoms with Gasteiger partial charge in [-0.3, -0.25) is 4.79 Å². The molecule has 8 heteroatoms. The van der Waals surface area contributed by atoms with Crippen LogP contribution in [0.5, 0.6) is 0 Å². The maximum absolute atomic E-state index is 13.3. The zero-order chi connectivity index (χ0) is 23.4. The summed E-state index contributed by atoms with van der Waals surface area (Å²) in [6.45, 7) is 4.53. The van der Waals surface area contributed by atoms with Crippen molar-refractivity contribution in [2.24, 2.45) is 13.0 Å². The average Bonchev–Trinajstić information content (AvgIpc) is 3.42. The third-order valence-corrected chi connectivity index (χ3v) is 8.58. The van der Waals surface area contributed by atoms with E-state index in [2.05, 4.69) is 29.3 Å². The summed E-state index contributed by atoms with van der Waals surface area (Å²) in [6.07, 6.45) is 5.10. The molecule has 33 heavy (non-hydrogen) atoms. The van der Waals surface area contributed by atoms with Crippen molar-refractivity contribution in [2.75, 3.05) is 11.4 Å². The van der Waals surface area contributed by atoms with E-state index in [1.807, 2.05) is 60.2 Å². The molecule has 2 heterocycles. The van der Waals surface area contributed by atoms with E-state index < -0.39 is 0 Å². The van der Waals surface area contributed by atoms with Gasteiger partial charge in [0.15, 0.2) is 11.0 Å². The van der Waals surface area contributed by atoms with Crippen LogP contribution in [-0.4, -0.2) is 32.5 Å². The number of rotatable bonds is 8. The van der Waals surface area contributed by atoms with Gasteiger partial charge >= 0.3 is 0 Å². The number of anilines is 1. The smallest absolute Gasteiger partial charge is 0.240 e. The second-order valence-electron chi connectivity index (χ2n) is 8.43. The molecule has 0 saturated heterocycles. The summed E-state index contributed by atoms with van der Waals surface area (Å²) in [7, 11) is 1.97. The van der Waals surface area contributed by atoms with Crippen molar-refractivity contribution in [3.05, 3.63) is 46.8 Å². The number of aromatic nitrogens is 3. The van der Waals surface area contributed by atoms with Crippen LogP contribution in [0.3, 0.4) is 0 Å². The minimum atomic E-state index is -0.360. The van der Waals surface area contributed by atoms with Crippen molar-refractivity contribution in [1.29, 1.82) is 5.26 Å². The lowest BCUT2D eigenvalue weighted by molar-refractivity contribution is -0.117. The lowest BCUT2D eigenvalue weighted by atomic mass is 9.87. The van der Waals surface area contributed by atoms with Crippen molar-refractivity contribution < 1.29 is 4.79 Å². The Morgan fingerprint density at radius 1 is 1.36 bits per heavy atom. The number of nitrogens with zero attached hydrogens (tertiary/aromatic N) is 5. The highest BCUT2D eigenvalue weighted by Crippen LogP contribution is 2.38. The minimum Gasteiger partial charge on any atom is -0.310 e. The fourth-order valence-electron chi connectivity index (χ4n) is 4.25. The van der Waals surface area contributed by atoms with Gasteiger partial charge in [-0.05, 0) is 55.9 Å². The molecule has 6 nitrogen and oxygen atoms in total. The molecule has 1 amide bonds. The number of para-hydroxylation sites is 1. The van der Waals surface area contributed by atoms with Gasteiger partial charge in [-0.1, -0.05) is 43.3 Å². The SMILES string of the molecule is CCC1CCc2sc(-c3nnc(SC(C)C(=O)N(CCC#N)c4ccccc4)n3C)cc2C1. The molecule has 4 rings (SSSR count). The Hall–Kier alpha value is -2.63.